The van der Waals surface area contributed by atoms with Crippen LogP contribution in [0.2, 0.25) is 0 Å². The first-order chi connectivity index (χ1) is 15.6. The van der Waals surface area contributed by atoms with E-state index in [4.69, 9.17) is 23.7 Å². The van der Waals surface area contributed by atoms with Crippen LogP contribution in [-0.4, -0.2) is 76.4 Å². The van der Waals surface area contributed by atoms with Crippen LogP contribution in [-0.2, 0) is 47.7 Å². The maximum absolute atomic E-state index is 11.9. The average molecular weight is 486 g/mol. The van der Waals surface area contributed by atoms with E-state index >= 15 is 0 Å². The molecule has 3 saturated carbocycles. The Balaban J connectivity index is 1.88. The molecule has 0 aromatic carbocycles. The Hall–Kier alpha value is -2.73. The van der Waals surface area contributed by atoms with Gasteiger partial charge in [-0.2, -0.15) is 0 Å². The van der Waals surface area contributed by atoms with Crippen LogP contribution in [0.5, 0.6) is 0 Å². The number of ether oxygens (including phenoxy) is 5. The summed E-state index contributed by atoms with van der Waals surface area (Å²) in [4.78, 5) is 58.7. The van der Waals surface area contributed by atoms with Gasteiger partial charge in [0.05, 0.1) is 0 Å². The molecule has 0 amide bonds. The molecule has 2 bridgehead atoms. The zero-order chi connectivity index (χ0) is 25.6. The molecule has 2 N–H and O–H groups in total. The molecule has 12 heteroatoms. The van der Waals surface area contributed by atoms with Gasteiger partial charge >= 0.3 is 29.8 Å². The van der Waals surface area contributed by atoms with Gasteiger partial charge in [0.2, 0.25) is 12.4 Å². The highest BCUT2D eigenvalue weighted by Gasteiger charge is 2.76. The second kappa shape index (κ2) is 8.81. The number of aliphatic carboxylic acids is 1. The van der Waals surface area contributed by atoms with E-state index in [1.807, 2.05) is 0 Å². The predicted molar refractivity (Wildman–Crippen MR) is 109 cm³/mol. The molecule has 4 rings (SSSR count). The number of carbonyl (C=O) groups is 5. The molecule has 0 aromatic rings. The number of hydrogen-bond donors (Lipinski definition) is 2. The summed E-state index contributed by atoms with van der Waals surface area (Å²) in [6, 6.07) is 0. The van der Waals surface area contributed by atoms with Gasteiger partial charge in [0.25, 0.3) is 0 Å². The van der Waals surface area contributed by atoms with Gasteiger partial charge in [-0.15, -0.1) is 0 Å². The molecule has 1 heterocycles. The molecule has 0 radical (unpaired) electrons. The van der Waals surface area contributed by atoms with Crippen molar-refractivity contribution in [2.75, 3.05) is 0 Å². The molecule has 1 unspecified atom stereocenters. The summed E-state index contributed by atoms with van der Waals surface area (Å²) in [6.45, 7) is 5.79. The first kappa shape index (κ1) is 25.9. The zero-order valence-corrected chi connectivity index (χ0v) is 19.7. The lowest BCUT2D eigenvalue weighted by molar-refractivity contribution is -0.329. The lowest BCUT2D eigenvalue weighted by Gasteiger charge is -2.75. The van der Waals surface area contributed by atoms with Gasteiger partial charge in [0.15, 0.2) is 17.8 Å². The highest BCUT2D eigenvalue weighted by atomic mass is 16.7. The quantitative estimate of drug-likeness (QED) is 0.359. The fraction of sp³-hybridized carbons (Fsp3) is 0.773. The van der Waals surface area contributed by atoms with Crippen molar-refractivity contribution in [2.24, 2.45) is 10.8 Å². The van der Waals surface area contributed by atoms with Crippen molar-refractivity contribution in [3.8, 4) is 0 Å². The van der Waals surface area contributed by atoms with Crippen LogP contribution < -0.4 is 0 Å². The highest BCUT2D eigenvalue weighted by molar-refractivity contribution is 5.79. The minimum Gasteiger partial charge on any atom is -0.479 e. The molecule has 190 valence electrons. The molecule has 0 spiro atoms. The van der Waals surface area contributed by atoms with Crippen molar-refractivity contribution < 1.29 is 57.9 Å². The summed E-state index contributed by atoms with van der Waals surface area (Å²) in [6.07, 6.45) is -4.84. The molecule has 6 atom stereocenters. The lowest BCUT2D eigenvalue weighted by Crippen LogP contribution is -2.74. The van der Waals surface area contributed by atoms with Crippen LogP contribution in [0.4, 0.5) is 0 Å². The largest absolute Gasteiger partial charge is 0.479 e. The fourth-order valence-corrected chi connectivity index (χ4v) is 5.66. The number of rotatable bonds is 8. The van der Waals surface area contributed by atoms with E-state index < -0.39 is 77.0 Å². The van der Waals surface area contributed by atoms with Crippen LogP contribution in [0.1, 0.15) is 60.3 Å². The van der Waals surface area contributed by atoms with E-state index in [1.165, 1.54) is 6.92 Å². The number of hydrogen-bond acceptors (Lipinski definition) is 11. The third-order valence-electron chi connectivity index (χ3n) is 7.00. The third-order valence-corrected chi connectivity index (χ3v) is 7.00. The normalized spacial score (nSPS) is 37.6. The Morgan fingerprint density at radius 3 is 1.71 bits per heavy atom. The molecular weight excluding hydrogens is 456 g/mol. The van der Waals surface area contributed by atoms with E-state index in [2.05, 4.69) is 0 Å². The van der Waals surface area contributed by atoms with Gasteiger partial charge in [0.1, 0.15) is 6.10 Å². The van der Waals surface area contributed by atoms with Crippen LogP contribution in [0.15, 0.2) is 0 Å². The third kappa shape index (κ3) is 4.61. The molecule has 4 aliphatic rings. The van der Waals surface area contributed by atoms with Gasteiger partial charge < -0.3 is 33.9 Å². The smallest absolute Gasteiger partial charge is 0.335 e. The van der Waals surface area contributed by atoms with Crippen molar-refractivity contribution in [3.63, 3.8) is 0 Å². The van der Waals surface area contributed by atoms with Gasteiger partial charge in [-0.1, -0.05) is 0 Å². The summed E-state index contributed by atoms with van der Waals surface area (Å²) in [5.41, 5.74) is -3.06. The van der Waals surface area contributed by atoms with Crippen LogP contribution in [0.3, 0.4) is 0 Å². The van der Waals surface area contributed by atoms with Gasteiger partial charge in [-0.05, 0) is 38.0 Å². The predicted octanol–water partition coefficient (Wildman–Crippen LogP) is 0.466. The summed E-state index contributed by atoms with van der Waals surface area (Å²) < 4.78 is 27.2. The second-order valence-corrected chi connectivity index (χ2v) is 9.77. The van der Waals surface area contributed by atoms with E-state index in [0.717, 1.165) is 27.7 Å². The standard InChI is InChI=1S/C22H30O12/c1-10(23)30-15-14(6-21-7-22(8-21,9-21)20(5,29)19(27)28)34-18(33-13(4)26)17(32-12(3)25)16(15)31-11(2)24/h14-18,29H,6-9H2,1-5H3,(H,27,28)/t14-,15-,16+,17-,18-,20?,21?,22?/m1/s1. The van der Waals surface area contributed by atoms with Crippen molar-refractivity contribution in [3.05, 3.63) is 0 Å². The topological polar surface area (TPSA) is 172 Å². The molecule has 0 aromatic heterocycles. The highest BCUT2D eigenvalue weighted by Crippen LogP contribution is 2.78. The van der Waals surface area contributed by atoms with Crippen LogP contribution >= 0.6 is 0 Å². The first-order valence-corrected chi connectivity index (χ1v) is 10.9. The van der Waals surface area contributed by atoms with Crippen LogP contribution in [0, 0.1) is 10.8 Å². The Morgan fingerprint density at radius 1 is 0.824 bits per heavy atom. The van der Waals surface area contributed by atoms with E-state index in [1.54, 1.807) is 0 Å². The van der Waals surface area contributed by atoms with Crippen molar-refractivity contribution in [2.45, 2.75) is 96.6 Å². The second-order valence-electron chi connectivity index (χ2n) is 9.77. The maximum atomic E-state index is 11.9. The number of esters is 4. The number of carbonyl (C=O) groups excluding carboxylic acids is 4. The maximum Gasteiger partial charge on any atom is 0.335 e. The van der Waals surface area contributed by atoms with E-state index in [9.17, 15) is 34.2 Å². The van der Waals surface area contributed by atoms with Crippen molar-refractivity contribution in [1.82, 2.24) is 0 Å². The molecule has 1 saturated heterocycles. The molecule has 1 aliphatic heterocycles. The minimum absolute atomic E-state index is 0.241. The van der Waals surface area contributed by atoms with Crippen molar-refractivity contribution in [1.29, 1.82) is 0 Å². The fourth-order valence-electron chi connectivity index (χ4n) is 5.66. The molecule has 34 heavy (non-hydrogen) atoms. The molecule has 4 fully saturated rings. The minimum atomic E-state index is -1.89. The first-order valence-electron chi connectivity index (χ1n) is 10.9. The average Bonchev–Trinajstić information content (AvgIpc) is 2.60. The Labute approximate surface area is 195 Å². The lowest BCUT2D eigenvalue weighted by atomic mass is 9.30. The summed E-state index contributed by atoms with van der Waals surface area (Å²) in [5.74, 6) is -4.26. The molecule has 3 aliphatic carbocycles. The number of aliphatic hydroxyl groups is 1. The Bertz CT molecular complexity index is 873. The Morgan fingerprint density at radius 2 is 1.26 bits per heavy atom. The van der Waals surface area contributed by atoms with E-state index in [-0.39, 0.29) is 6.42 Å². The van der Waals surface area contributed by atoms with Gasteiger partial charge in [-0.25, -0.2) is 4.79 Å². The number of carboxylic acid groups (broad SMARTS) is 1. The summed E-state index contributed by atoms with van der Waals surface area (Å²) in [5, 5.41) is 19.8. The molecular formula is C22H30O12. The Kier molecular flexibility index (Phi) is 6.70. The summed E-state index contributed by atoms with van der Waals surface area (Å²) in [7, 11) is 0. The van der Waals surface area contributed by atoms with Crippen LogP contribution in [0.25, 0.3) is 0 Å². The summed E-state index contributed by atoms with van der Waals surface area (Å²) >= 11 is 0. The monoisotopic (exact) mass is 486 g/mol. The van der Waals surface area contributed by atoms with Gasteiger partial charge in [-0.3, -0.25) is 19.2 Å². The number of carboxylic acids is 1. The van der Waals surface area contributed by atoms with Gasteiger partial charge in [0, 0.05) is 33.1 Å². The zero-order valence-electron chi connectivity index (χ0n) is 19.7. The SMILES string of the molecule is CC(=O)O[C@@H]1O[C@H](CC23CC(C(C)(O)C(=O)O)(C2)C3)[C@@H](OC(C)=O)[C@H](OC(C)=O)[C@H]1OC(C)=O. The van der Waals surface area contributed by atoms with E-state index in [0.29, 0.717) is 19.3 Å². The molecule has 12 nitrogen and oxygen atoms in total. The van der Waals surface area contributed by atoms with Crippen molar-refractivity contribution >= 4 is 29.8 Å².